The Morgan fingerprint density at radius 1 is 0.478 bits per heavy atom. The van der Waals surface area contributed by atoms with E-state index in [0.717, 1.165) is 35.5 Å². The molecule has 0 aliphatic heterocycles. The van der Waals surface area contributed by atoms with Crippen LogP contribution in [-0.2, 0) is 0 Å². The molecule has 8 aliphatic rings. The van der Waals surface area contributed by atoms with Gasteiger partial charge in [-0.05, 0) is 0 Å². The van der Waals surface area contributed by atoms with Gasteiger partial charge >= 0.3 is 148 Å². The topological polar surface area (TPSA) is 24.1 Å². The zero-order chi connectivity index (χ0) is 15.1. The van der Waals surface area contributed by atoms with Gasteiger partial charge in [-0.2, -0.15) is 0 Å². The fourth-order valence-corrected chi connectivity index (χ4v) is 10.8. The van der Waals surface area contributed by atoms with Gasteiger partial charge in [0, 0.05) is 0 Å². The molecule has 0 amide bonds. The summed E-state index contributed by atoms with van der Waals surface area (Å²) < 4.78 is 8.31. The molecule has 0 unspecified atom stereocenters. The van der Waals surface area contributed by atoms with Gasteiger partial charge in [-0.15, -0.1) is 0 Å². The van der Waals surface area contributed by atoms with E-state index in [0.29, 0.717) is 26.5 Å². The van der Waals surface area contributed by atoms with Crippen molar-refractivity contribution in [2.75, 3.05) is 0 Å². The van der Waals surface area contributed by atoms with Crippen LogP contribution in [0, 0.1) is 35.5 Å². The summed E-state index contributed by atoms with van der Waals surface area (Å²) in [4.78, 5) is 0. The molecule has 8 aliphatic carbocycles. The van der Waals surface area contributed by atoms with Crippen LogP contribution < -0.4 is 8.67 Å². The van der Waals surface area contributed by atoms with Crippen LogP contribution in [0.3, 0.4) is 0 Å². The molecule has 8 rings (SSSR count). The number of hydrogen-bond donors (Lipinski definition) is 2. The van der Waals surface area contributed by atoms with Crippen LogP contribution in [0.5, 0.6) is 0 Å². The molecule has 128 valence electrons. The van der Waals surface area contributed by atoms with Crippen LogP contribution >= 0.6 is 0 Å². The normalized spacial score (nSPS) is 59.0. The fourth-order valence-electron chi connectivity index (χ4n) is 8.71. The van der Waals surface area contributed by atoms with Crippen molar-refractivity contribution in [3.63, 3.8) is 0 Å². The molecule has 0 spiro atoms. The van der Waals surface area contributed by atoms with Gasteiger partial charge in [0.1, 0.15) is 0 Å². The van der Waals surface area contributed by atoms with E-state index in [1.165, 1.54) is 38.5 Å². The van der Waals surface area contributed by atoms with E-state index in [1.54, 1.807) is 38.5 Å². The summed E-state index contributed by atoms with van der Waals surface area (Å²) >= 11 is 0.470. The third-order valence-electron chi connectivity index (χ3n) is 8.61. The summed E-state index contributed by atoms with van der Waals surface area (Å²) in [5.74, 6) is 6.44. The Kier molecular flexibility index (Phi) is 3.17. The van der Waals surface area contributed by atoms with Gasteiger partial charge in [-0.3, -0.25) is 0 Å². The molecule has 23 heavy (non-hydrogen) atoms. The molecule has 0 radical (unpaired) electrons. The van der Waals surface area contributed by atoms with Crippen molar-refractivity contribution in [2.24, 2.45) is 35.5 Å². The minimum atomic E-state index is 0.470. The third kappa shape index (κ3) is 2.40. The molecule has 0 saturated heterocycles. The Morgan fingerprint density at radius 3 is 1.00 bits per heavy atom. The molecule has 0 atom stereocenters. The molecule has 2 N–H and O–H groups in total. The van der Waals surface area contributed by atoms with Crippen LogP contribution in [0.25, 0.3) is 0 Å². The first-order valence-corrected chi connectivity index (χ1v) is 12.1. The van der Waals surface area contributed by atoms with E-state index < -0.39 is 0 Å². The van der Waals surface area contributed by atoms with Crippen LogP contribution in [0.4, 0.5) is 0 Å². The molecule has 3 heteroatoms. The van der Waals surface area contributed by atoms with Gasteiger partial charge in [-0.1, -0.05) is 0 Å². The second-order valence-corrected chi connectivity index (χ2v) is 12.0. The van der Waals surface area contributed by atoms with Gasteiger partial charge in [0.25, 0.3) is 0 Å². The summed E-state index contributed by atoms with van der Waals surface area (Å²) in [6, 6.07) is 0. The minimum absolute atomic E-state index is 0.470. The van der Waals surface area contributed by atoms with Crippen molar-refractivity contribution < 1.29 is 0 Å². The van der Waals surface area contributed by atoms with Crippen LogP contribution in [0.15, 0.2) is 0 Å². The second kappa shape index (κ2) is 5.00. The Bertz CT molecular complexity index is 387. The van der Waals surface area contributed by atoms with Gasteiger partial charge in [0.05, 0.1) is 0 Å². The third-order valence-corrected chi connectivity index (χ3v) is 10.9. The SMILES string of the molecule is C1C2CC3CC1CC(N[Se]NC14CC5CC(CC(C5)C1)C4)(C2)C3. The molecule has 8 bridgehead atoms. The van der Waals surface area contributed by atoms with Crippen molar-refractivity contribution in [3.05, 3.63) is 0 Å². The Balaban J connectivity index is 1.12. The Labute approximate surface area is 147 Å². The predicted octanol–water partition coefficient (Wildman–Crippen LogP) is 3.64. The molecule has 0 aromatic heterocycles. The van der Waals surface area contributed by atoms with E-state index in [4.69, 9.17) is 0 Å². The summed E-state index contributed by atoms with van der Waals surface area (Å²) in [5, 5.41) is 0. The molecule has 8 fully saturated rings. The number of nitrogens with one attached hydrogen (secondary N) is 2. The van der Waals surface area contributed by atoms with Crippen molar-refractivity contribution >= 4 is 15.4 Å². The average Bonchev–Trinajstić information content (AvgIpc) is 2.43. The van der Waals surface area contributed by atoms with E-state index in [1.807, 2.05) is 0 Å². The quantitative estimate of drug-likeness (QED) is 0.729. The van der Waals surface area contributed by atoms with Gasteiger partial charge in [0.15, 0.2) is 0 Å². The monoisotopic (exact) mass is 380 g/mol. The summed E-state index contributed by atoms with van der Waals surface area (Å²) in [6.45, 7) is 0. The van der Waals surface area contributed by atoms with Crippen molar-refractivity contribution in [2.45, 2.75) is 88.1 Å². The Hall–Kier alpha value is 0.439. The average molecular weight is 379 g/mol. The predicted molar refractivity (Wildman–Crippen MR) is 93.8 cm³/mol. The molecule has 2 nitrogen and oxygen atoms in total. The van der Waals surface area contributed by atoms with Crippen molar-refractivity contribution in [1.82, 2.24) is 8.67 Å². The Morgan fingerprint density at radius 2 is 0.739 bits per heavy atom. The molecular formula is C20H32N2Se. The summed E-state index contributed by atoms with van der Waals surface area (Å²) in [6.07, 6.45) is 18.4. The van der Waals surface area contributed by atoms with Crippen LogP contribution in [-0.4, -0.2) is 26.5 Å². The summed E-state index contributed by atoms with van der Waals surface area (Å²) in [5.41, 5.74) is 1.12. The van der Waals surface area contributed by atoms with E-state index in [2.05, 4.69) is 8.67 Å². The van der Waals surface area contributed by atoms with Gasteiger partial charge in [0.2, 0.25) is 0 Å². The molecule has 0 aromatic rings. The second-order valence-electron chi connectivity index (χ2n) is 10.7. The van der Waals surface area contributed by atoms with Gasteiger partial charge < -0.3 is 0 Å². The molecule has 0 heterocycles. The maximum absolute atomic E-state index is 4.15. The maximum atomic E-state index is 4.15. The molecule has 8 saturated carbocycles. The number of hydrogen-bond acceptors (Lipinski definition) is 2. The fraction of sp³-hybridized carbons (Fsp3) is 1.00. The van der Waals surface area contributed by atoms with Gasteiger partial charge in [-0.25, -0.2) is 0 Å². The van der Waals surface area contributed by atoms with E-state index >= 15 is 0 Å². The first-order chi connectivity index (χ1) is 11.2. The standard InChI is InChI=1S/C20H32N2Se/c1-13-2-15-3-14(1)8-19(7-13,9-15)21-23-22-20-10-16-4-17(11-20)6-18(5-16)12-20/h13-18,21-22H,1-12H2. The summed E-state index contributed by atoms with van der Waals surface area (Å²) in [7, 11) is 0. The first-order valence-electron chi connectivity index (χ1n) is 10.4. The number of rotatable bonds is 4. The zero-order valence-corrected chi connectivity index (χ0v) is 16.1. The molecule has 0 aromatic carbocycles. The first kappa shape index (κ1) is 14.6. The van der Waals surface area contributed by atoms with E-state index in [9.17, 15) is 0 Å². The zero-order valence-electron chi connectivity index (χ0n) is 14.4. The van der Waals surface area contributed by atoms with E-state index in [-0.39, 0.29) is 0 Å². The van der Waals surface area contributed by atoms with Crippen molar-refractivity contribution in [1.29, 1.82) is 0 Å². The van der Waals surface area contributed by atoms with Crippen LogP contribution in [0.2, 0.25) is 0 Å². The van der Waals surface area contributed by atoms with Crippen molar-refractivity contribution in [3.8, 4) is 0 Å². The van der Waals surface area contributed by atoms with Crippen LogP contribution in [0.1, 0.15) is 77.0 Å². The molecular weight excluding hydrogens is 347 g/mol.